The molecule has 1 unspecified atom stereocenters. The largest absolute Gasteiger partial charge is 0.418 e. The third kappa shape index (κ3) is 3.86. The van der Waals surface area contributed by atoms with Crippen LogP contribution in [-0.2, 0) is 23.0 Å². The lowest BCUT2D eigenvalue weighted by molar-refractivity contribution is -0.136. The van der Waals surface area contributed by atoms with Gasteiger partial charge in [-0.2, -0.15) is 18.3 Å². The predicted molar refractivity (Wildman–Crippen MR) is 109 cm³/mol. The zero-order valence-electron chi connectivity index (χ0n) is 15.7. The molecule has 0 saturated carbocycles. The minimum absolute atomic E-state index is 0.00369. The number of hydrogen-bond donors (Lipinski definition) is 1. The van der Waals surface area contributed by atoms with Crippen molar-refractivity contribution in [3.63, 3.8) is 0 Å². The van der Waals surface area contributed by atoms with Gasteiger partial charge < -0.3 is 4.55 Å². The first kappa shape index (κ1) is 20.2. The molecule has 4 aromatic rings. The average Bonchev–Trinajstić information content (AvgIpc) is 3.16. The van der Waals surface area contributed by atoms with Crippen molar-refractivity contribution in [3.8, 4) is 16.8 Å². The summed E-state index contributed by atoms with van der Waals surface area (Å²) in [5.41, 5.74) is 2.47. The molecule has 0 spiro atoms. The zero-order chi connectivity index (χ0) is 21.5. The van der Waals surface area contributed by atoms with Gasteiger partial charge in [0.15, 0.2) is 11.1 Å². The van der Waals surface area contributed by atoms with Crippen molar-refractivity contribution >= 4 is 22.0 Å². The molecule has 2 aromatic heterocycles. The van der Waals surface area contributed by atoms with Crippen molar-refractivity contribution in [2.45, 2.75) is 18.9 Å². The number of rotatable bonds is 4. The van der Waals surface area contributed by atoms with Crippen LogP contribution >= 0.6 is 0 Å². The fourth-order valence-corrected chi connectivity index (χ4v) is 3.92. The Labute approximate surface area is 172 Å². The van der Waals surface area contributed by atoms with Crippen LogP contribution < -0.4 is 0 Å². The lowest BCUT2D eigenvalue weighted by atomic mass is 9.97. The van der Waals surface area contributed by atoms with Gasteiger partial charge in [0.25, 0.3) is 0 Å². The molecule has 1 atom stereocenters. The monoisotopic (exact) mass is 431 g/mol. The summed E-state index contributed by atoms with van der Waals surface area (Å²) in [6.45, 7) is 1.79. The van der Waals surface area contributed by atoms with Crippen molar-refractivity contribution in [3.05, 3.63) is 77.7 Å². The van der Waals surface area contributed by atoms with Crippen LogP contribution in [-0.4, -0.2) is 23.5 Å². The lowest BCUT2D eigenvalue weighted by Gasteiger charge is -2.13. The molecule has 2 aromatic carbocycles. The molecule has 154 valence electrons. The molecule has 30 heavy (non-hydrogen) atoms. The highest BCUT2D eigenvalue weighted by atomic mass is 32.2. The predicted octanol–water partition coefficient (Wildman–Crippen LogP) is 5.14. The number of halogens is 3. The molecule has 0 aliphatic rings. The minimum Gasteiger partial charge on any atom is -0.306 e. The van der Waals surface area contributed by atoms with Gasteiger partial charge >= 0.3 is 6.18 Å². The lowest BCUT2D eigenvalue weighted by Crippen LogP contribution is -2.07. The van der Waals surface area contributed by atoms with E-state index in [1.54, 1.807) is 54.3 Å². The number of aromatic nitrogens is 3. The average molecular weight is 431 g/mol. The molecule has 0 saturated heterocycles. The van der Waals surface area contributed by atoms with Gasteiger partial charge in [0.05, 0.1) is 28.7 Å². The van der Waals surface area contributed by atoms with Gasteiger partial charge in [0, 0.05) is 23.3 Å². The summed E-state index contributed by atoms with van der Waals surface area (Å²) < 4.78 is 62.0. The van der Waals surface area contributed by atoms with E-state index in [1.165, 1.54) is 12.3 Å². The molecule has 0 aliphatic heterocycles. The molecule has 2 heterocycles. The van der Waals surface area contributed by atoms with Gasteiger partial charge in [-0.1, -0.05) is 24.3 Å². The Balaban J connectivity index is 1.83. The third-order valence-corrected chi connectivity index (χ3v) is 5.31. The van der Waals surface area contributed by atoms with Crippen LogP contribution in [0.2, 0.25) is 0 Å². The summed E-state index contributed by atoms with van der Waals surface area (Å²) in [5.74, 6) is -0.00369. The van der Waals surface area contributed by atoms with E-state index in [0.29, 0.717) is 27.8 Å². The molecular formula is C21H16F3N3O2S. The zero-order valence-corrected chi connectivity index (χ0v) is 16.5. The number of pyridine rings is 1. The van der Waals surface area contributed by atoms with E-state index in [0.717, 1.165) is 11.6 Å². The first-order valence-electron chi connectivity index (χ1n) is 8.91. The van der Waals surface area contributed by atoms with Crippen molar-refractivity contribution in [1.29, 1.82) is 0 Å². The van der Waals surface area contributed by atoms with Crippen LogP contribution in [0.3, 0.4) is 0 Å². The Morgan fingerprint density at radius 2 is 1.90 bits per heavy atom. The Morgan fingerprint density at radius 3 is 2.63 bits per heavy atom. The van der Waals surface area contributed by atoms with Gasteiger partial charge in [0.2, 0.25) is 0 Å². The molecule has 9 heteroatoms. The highest BCUT2D eigenvalue weighted by molar-refractivity contribution is 7.78. The number of aryl methyl sites for hydroxylation is 1. The van der Waals surface area contributed by atoms with E-state index in [9.17, 15) is 17.4 Å². The number of alkyl halides is 3. The minimum atomic E-state index is -4.50. The third-order valence-electron chi connectivity index (χ3n) is 4.73. The summed E-state index contributed by atoms with van der Waals surface area (Å²) in [6.07, 6.45) is 0.230. The highest BCUT2D eigenvalue weighted by Gasteiger charge is 2.33. The smallest absolute Gasteiger partial charge is 0.306 e. The standard InChI is InChI=1S/C21H16F3N3O2S/c1-13-9-25-20-17(6-3-7-18(20)21(22,23)24)19(13)15-10-26-27(11-15)16-5-2-4-14(8-16)12-30(28)29/h2-11H,12H2,1H3,(H,28,29). The fourth-order valence-electron chi connectivity index (χ4n) is 3.46. The number of fused-ring (bicyclic) bond motifs is 1. The summed E-state index contributed by atoms with van der Waals surface area (Å²) in [4.78, 5) is 4.04. The maximum atomic E-state index is 13.4. The normalized spacial score (nSPS) is 13.0. The number of para-hydroxylation sites is 1. The molecule has 0 bridgehead atoms. The summed E-state index contributed by atoms with van der Waals surface area (Å²) in [6, 6.07) is 11.0. The van der Waals surface area contributed by atoms with E-state index in [2.05, 4.69) is 10.1 Å². The number of hydrogen-bond acceptors (Lipinski definition) is 3. The summed E-state index contributed by atoms with van der Waals surface area (Å²) >= 11 is -1.96. The number of benzene rings is 2. The van der Waals surface area contributed by atoms with Crippen molar-refractivity contribution in [1.82, 2.24) is 14.8 Å². The molecule has 0 aliphatic carbocycles. The summed E-state index contributed by atoms with van der Waals surface area (Å²) in [5, 5.41) is 4.73. The second-order valence-corrected chi connectivity index (χ2v) is 7.76. The van der Waals surface area contributed by atoms with Crippen LogP contribution in [0.15, 0.2) is 61.1 Å². The van der Waals surface area contributed by atoms with Crippen molar-refractivity contribution in [2.24, 2.45) is 0 Å². The van der Waals surface area contributed by atoms with E-state index in [1.807, 2.05) is 0 Å². The van der Waals surface area contributed by atoms with Crippen LogP contribution in [0, 0.1) is 6.92 Å². The van der Waals surface area contributed by atoms with Crippen molar-refractivity contribution in [2.75, 3.05) is 0 Å². The molecule has 5 nitrogen and oxygen atoms in total. The van der Waals surface area contributed by atoms with Gasteiger partial charge in [-0.25, -0.2) is 8.89 Å². The second-order valence-electron chi connectivity index (χ2n) is 6.83. The van der Waals surface area contributed by atoms with Gasteiger partial charge in [0.1, 0.15) is 0 Å². The maximum absolute atomic E-state index is 13.4. The molecular weight excluding hydrogens is 415 g/mol. The van der Waals surface area contributed by atoms with Crippen LogP contribution in [0.5, 0.6) is 0 Å². The molecule has 1 N–H and O–H groups in total. The van der Waals surface area contributed by atoms with Gasteiger partial charge in [-0.05, 0) is 41.8 Å². The van der Waals surface area contributed by atoms with Crippen LogP contribution in [0.4, 0.5) is 13.2 Å². The molecule has 0 radical (unpaired) electrons. The fraction of sp³-hybridized carbons (Fsp3) is 0.143. The quantitative estimate of drug-likeness (QED) is 0.455. The van der Waals surface area contributed by atoms with Crippen LogP contribution in [0.1, 0.15) is 16.7 Å². The van der Waals surface area contributed by atoms with Gasteiger partial charge in [-0.15, -0.1) is 0 Å². The van der Waals surface area contributed by atoms with Crippen LogP contribution in [0.25, 0.3) is 27.7 Å². The Bertz CT molecular complexity index is 1270. The van der Waals surface area contributed by atoms with E-state index in [-0.39, 0.29) is 11.3 Å². The SMILES string of the molecule is Cc1cnc2c(C(F)(F)F)cccc2c1-c1cnn(-c2cccc(CS(=O)O)c2)c1. The molecule has 0 amide bonds. The maximum Gasteiger partial charge on any atom is 0.418 e. The van der Waals surface area contributed by atoms with Crippen molar-refractivity contribution < 1.29 is 21.9 Å². The highest BCUT2D eigenvalue weighted by Crippen LogP contribution is 2.38. The Morgan fingerprint density at radius 1 is 1.13 bits per heavy atom. The molecule has 4 rings (SSSR count). The van der Waals surface area contributed by atoms with Gasteiger partial charge in [-0.3, -0.25) is 4.98 Å². The number of nitrogens with zero attached hydrogens (tertiary/aromatic N) is 3. The van der Waals surface area contributed by atoms with E-state index in [4.69, 9.17) is 4.55 Å². The first-order valence-corrected chi connectivity index (χ1v) is 10.2. The molecule has 0 fully saturated rings. The van der Waals surface area contributed by atoms with E-state index >= 15 is 0 Å². The first-order chi connectivity index (χ1) is 14.2. The van der Waals surface area contributed by atoms with E-state index < -0.39 is 22.8 Å². The topological polar surface area (TPSA) is 68.0 Å². The second kappa shape index (κ2) is 7.66. The Hall–Kier alpha value is -3.04. The summed E-state index contributed by atoms with van der Waals surface area (Å²) in [7, 11) is 0. The Kier molecular flexibility index (Phi) is 5.17.